The molecule has 2 heteroatoms. The van der Waals surface area contributed by atoms with E-state index in [0.717, 1.165) is 23.2 Å². The van der Waals surface area contributed by atoms with E-state index in [4.69, 9.17) is 11.5 Å². The Kier molecular flexibility index (Phi) is 2.71. The number of nitrogens with two attached hydrogens (primary N) is 2. The summed E-state index contributed by atoms with van der Waals surface area (Å²) in [6, 6.07) is 6.24. The molecule has 0 spiro atoms. The van der Waals surface area contributed by atoms with Crippen LogP contribution in [0.15, 0.2) is 18.2 Å². The first kappa shape index (κ1) is 9.07. The van der Waals surface area contributed by atoms with E-state index >= 15 is 0 Å². The van der Waals surface area contributed by atoms with Crippen molar-refractivity contribution < 1.29 is 0 Å². The average molecular weight is 164 g/mol. The molecule has 0 aromatic heterocycles. The van der Waals surface area contributed by atoms with E-state index in [9.17, 15) is 0 Å². The minimum Gasteiger partial charge on any atom is -0.398 e. The molecule has 0 bridgehead atoms. The van der Waals surface area contributed by atoms with Crippen molar-refractivity contribution in [1.82, 2.24) is 0 Å². The van der Waals surface area contributed by atoms with Crippen molar-refractivity contribution in [1.29, 1.82) is 0 Å². The lowest BCUT2D eigenvalue weighted by Gasteiger charge is -2.09. The highest BCUT2D eigenvalue weighted by molar-refractivity contribution is 5.53. The van der Waals surface area contributed by atoms with Crippen LogP contribution in [0.4, 0.5) is 5.69 Å². The third-order valence-corrected chi connectivity index (χ3v) is 1.96. The van der Waals surface area contributed by atoms with Crippen LogP contribution in [0.1, 0.15) is 18.1 Å². The van der Waals surface area contributed by atoms with Gasteiger partial charge in [0, 0.05) is 11.7 Å². The van der Waals surface area contributed by atoms with Gasteiger partial charge in [-0.25, -0.2) is 0 Å². The molecule has 0 fully saturated rings. The van der Waals surface area contributed by atoms with Crippen molar-refractivity contribution in [2.75, 3.05) is 5.73 Å². The van der Waals surface area contributed by atoms with E-state index in [1.54, 1.807) is 0 Å². The highest BCUT2D eigenvalue weighted by Crippen LogP contribution is 2.17. The van der Waals surface area contributed by atoms with Gasteiger partial charge in [-0.1, -0.05) is 18.2 Å². The number of para-hydroxylation sites is 1. The Morgan fingerprint density at radius 1 is 1.42 bits per heavy atom. The number of hydrogen-bond donors (Lipinski definition) is 2. The van der Waals surface area contributed by atoms with Gasteiger partial charge in [0.15, 0.2) is 0 Å². The zero-order valence-corrected chi connectivity index (χ0v) is 7.67. The number of rotatable bonds is 2. The molecular formula is C10H16N2. The van der Waals surface area contributed by atoms with E-state index in [1.807, 2.05) is 32.0 Å². The third-order valence-electron chi connectivity index (χ3n) is 1.96. The van der Waals surface area contributed by atoms with Gasteiger partial charge in [-0.2, -0.15) is 0 Å². The van der Waals surface area contributed by atoms with Crippen molar-refractivity contribution in [3.8, 4) is 0 Å². The topological polar surface area (TPSA) is 52.0 Å². The van der Waals surface area contributed by atoms with Crippen molar-refractivity contribution in [2.24, 2.45) is 5.73 Å². The third kappa shape index (κ3) is 1.98. The van der Waals surface area contributed by atoms with Crippen LogP contribution in [0.3, 0.4) is 0 Å². The molecule has 1 atom stereocenters. The smallest absolute Gasteiger partial charge is 0.0376 e. The lowest BCUT2D eigenvalue weighted by atomic mass is 10.0. The molecule has 1 unspecified atom stereocenters. The van der Waals surface area contributed by atoms with Crippen molar-refractivity contribution >= 4 is 5.69 Å². The fourth-order valence-corrected chi connectivity index (χ4v) is 1.27. The molecule has 4 N–H and O–H groups in total. The van der Waals surface area contributed by atoms with Crippen LogP contribution in [0.5, 0.6) is 0 Å². The molecule has 0 aliphatic carbocycles. The molecule has 0 saturated heterocycles. The summed E-state index contributed by atoms with van der Waals surface area (Å²) in [5.41, 5.74) is 14.7. The molecule has 66 valence electrons. The average Bonchev–Trinajstić information content (AvgIpc) is 1.98. The Balaban J connectivity index is 2.92. The predicted molar refractivity (Wildman–Crippen MR) is 52.9 cm³/mol. The number of hydrogen-bond acceptors (Lipinski definition) is 2. The Hall–Kier alpha value is -1.02. The van der Waals surface area contributed by atoms with Crippen LogP contribution >= 0.6 is 0 Å². The molecule has 0 amide bonds. The molecule has 1 aromatic carbocycles. The molecule has 12 heavy (non-hydrogen) atoms. The first-order chi connectivity index (χ1) is 5.61. The maximum Gasteiger partial charge on any atom is 0.0376 e. The molecule has 0 aliphatic heterocycles. The van der Waals surface area contributed by atoms with Gasteiger partial charge in [-0.15, -0.1) is 0 Å². The zero-order chi connectivity index (χ0) is 9.14. The monoisotopic (exact) mass is 164 g/mol. The summed E-state index contributed by atoms with van der Waals surface area (Å²) in [5, 5.41) is 0. The second-order valence-corrected chi connectivity index (χ2v) is 3.33. The summed E-state index contributed by atoms with van der Waals surface area (Å²) in [4.78, 5) is 0. The fraction of sp³-hybridized carbons (Fsp3) is 0.400. The van der Waals surface area contributed by atoms with Gasteiger partial charge < -0.3 is 11.5 Å². The summed E-state index contributed by atoms with van der Waals surface area (Å²) in [6.07, 6.45) is 0.855. The van der Waals surface area contributed by atoms with Gasteiger partial charge in [0.1, 0.15) is 0 Å². The molecule has 0 saturated carbocycles. The molecule has 1 aromatic rings. The maximum absolute atomic E-state index is 5.88. The van der Waals surface area contributed by atoms with E-state index in [-0.39, 0.29) is 6.04 Å². The standard InChI is InChI=1S/C10H16N2/c1-7-4-3-5-9(10(7)12)6-8(2)11/h3-5,8H,6,11-12H2,1-2H3. The number of anilines is 1. The van der Waals surface area contributed by atoms with Gasteiger partial charge in [0.05, 0.1) is 0 Å². The highest BCUT2D eigenvalue weighted by atomic mass is 14.6. The molecule has 0 heterocycles. The Bertz CT molecular complexity index is 267. The lowest BCUT2D eigenvalue weighted by molar-refractivity contribution is 0.739. The van der Waals surface area contributed by atoms with Crippen LogP contribution in [0.2, 0.25) is 0 Å². The summed E-state index contributed by atoms with van der Waals surface area (Å²) < 4.78 is 0. The minimum atomic E-state index is 0.175. The largest absolute Gasteiger partial charge is 0.398 e. The Labute approximate surface area is 73.6 Å². The summed E-state index contributed by atoms with van der Waals surface area (Å²) in [7, 11) is 0. The molecule has 0 aliphatic rings. The minimum absolute atomic E-state index is 0.175. The first-order valence-electron chi connectivity index (χ1n) is 4.21. The molecule has 2 nitrogen and oxygen atoms in total. The van der Waals surface area contributed by atoms with Crippen LogP contribution in [-0.4, -0.2) is 6.04 Å². The quantitative estimate of drug-likeness (QED) is 0.650. The first-order valence-corrected chi connectivity index (χ1v) is 4.21. The normalized spacial score (nSPS) is 12.9. The fourth-order valence-electron chi connectivity index (χ4n) is 1.27. The van der Waals surface area contributed by atoms with Crippen LogP contribution in [0.25, 0.3) is 0 Å². The van der Waals surface area contributed by atoms with Crippen molar-refractivity contribution in [3.63, 3.8) is 0 Å². The summed E-state index contributed by atoms with van der Waals surface area (Å²) in [5.74, 6) is 0. The van der Waals surface area contributed by atoms with Gasteiger partial charge in [-0.05, 0) is 31.4 Å². The second-order valence-electron chi connectivity index (χ2n) is 3.33. The number of aryl methyl sites for hydroxylation is 1. The lowest BCUT2D eigenvalue weighted by Crippen LogP contribution is -2.18. The molecule has 0 radical (unpaired) electrons. The van der Waals surface area contributed by atoms with Gasteiger partial charge in [0.2, 0.25) is 0 Å². The van der Waals surface area contributed by atoms with Crippen LogP contribution < -0.4 is 11.5 Å². The van der Waals surface area contributed by atoms with E-state index in [2.05, 4.69) is 0 Å². The SMILES string of the molecule is Cc1cccc(CC(C)N)c1N. The number of nitrogen functional groups attached to an aromatic ring is 1. The van der Waals surface area contributed by atoms with Crippen molar-refractivity contribution in [3.05, 3.63) is 29.3 Å². The van der Waals surface area contributed by atoms with E-state index in [0.29, 0.717) is 0 Å². The van der Waals surface area contributed by atoms with E-state index < -0.39 is 0 Å². The Morgan fingerprint density at radius 2 is 2.08 bits per heavy atom. The van der Waals surface area contributed by atoms with Crippen LogP contribution in [0, 0.1) is 6.92 Å². The molecular weight excluding hydrogens is 148 g/mol. The number of benzene rings is 1. The van der Waals surface area contributed by atoms with Crippen molar-refractivity contribution in [2.45, 2.75) is 26.3 Å². The second kappa shape index (κ2) is 3.59. The van der Waals surface area contributed by atoms with Gasteiger partial charge in [0.25, 0.3) is 0 Å². The van der Waals surface area contributed by atoms with Crippen LogP contribution in [-0.2, 0) is 6.42 Å². The van der Waals surface area contributed by atoms with Gasteiger partial charge in [-0.3, -0.25) is 0 Å². The van der Waals surface area contributed by atoms with E-state index in [1.165, 1.54) is 0 Å². The summed E-state index contributed by atoms with van der Waals surface area (Å²) in [6.45, 7) is 4.00. The summed E-state index contributed by atoms with van der Waals surface area (Å²) >= 11 is 0. The zero-order valence-electron chi connectivity index (χ0n) is 7.67. The van der Waals surface area contributed by atoms with Gasteiger partial charge >= 0.3 is 0 Å². The Morgan fingerprint density at radius 3 is 2.67 bits per heavy atom. The maximum atomic E-state index is 5.88. The predicted octanol–water partition coefficient (Wildman–Crippen LogP) is 1.47. The highest BCUT2D eigenvalue weighted by Gasteiger charge is 2.03. The molecule has 1 rings (SSSR count).